The molecule has 6 nitrogen and oxygen atoms in total. The number of carbonyl (C=O) groups is 1. The van der Waals surface area contributed by atoms with E-state index in [0.717, 1.165) is 0 Å². The van der Waals surface area contributed by atoms with Crippen LogP contribution in [0.25, 0.3) is 0 Å². The van der Waals surface area contributed by atoms with Crippen LogP contribution >= 0.6 is 0 Å². The van der Waals surface area contributed by atoms with Gasteiger partial charge in [-0.1, -0.05) is 0 Å². The minimum absolute atomic E-state index is 0.107. The quantitative estimate of drug-likeness (QED) is 0.775. The Morgan fingerprint density at radius 3 is 2.62 bits per heavy atom. The number of nitrogen functional groups attached to an aromatic ring is 1. The molecule has 1 rings (SSSR count). The summed E-state index contributed by atoms with van der Waals surface area (Å²) in [5.74, 6) is -0.618. The van der Waals surface area contributed by atoms with E-state index in [1.165, 1.54) is 0 Å². The lowest BCUT2D eigenvalue weighted by Crippen LogP contribution is -2.22. The van der Waals surface area contributed by atoms with E-state index < -0.39 is 5.91 Å². The van der Waals surface area contributed by atoms with Gasteiger partial charge in [-0.25, -0.2) is 0 Å². The highest BCUT2D eigenvalue weighted by Crippen LogP contribution is 2.09. The van der Waals surface area contributed by atoms with Crippen molar-refractivity contribution in [2.45, 2.75) is 32.9 Å². The van der Waals surface area contributed by atoms with E-state index in [2.05, 4.69) is 5.10 Å². The summed E-state index contributed by atoms with van der Waals surface area (Å²) < 4.78 is 7.08. The minimum Gasteiger partial charge on any atom is -0.396 e. The van der Waals surface area contributed by atoms with Crippen molar-refractivity contribution >= 4 is 11.6 Å². The van der Waals surface area contributed by atoms with Crippen molar-refractivity contribution in [2.75, 3.05) is 12.3 Å². The zero-order chi connectivity index (χ0) is 12.3. The molecular formula is C10H18N4O2. The molecule has 0 aliphatic rings. The number of primary amides is 1. The SMILES string of the molecule is CC(C)(C)OCCn1cc(N)c(C(N)=O)n1. The maximum Gasteiger partial charge on any atom is 0.271 e. The summed E-state index contributed by atoms with van der Waals surface area (Å²) in [7, 11) is 0. The maximum atomic E-state index is 10.9. The van der Waals surface area contributed by atoms with Crippen LogP contribution < -0.4 is 11.5 Å². The average Bonchev–Trinajstić information content (AvgIpc) is 2.44. The molecule has 1 aromatic rings. The van der Waals surface area contributed by atoms with E-state index in [9.17, 15) is 4.79 Å². The molecule has 0 atom stereocenters. The van der Waals surface area contributed by atoms with Gasteiger partial charge >= 0.3 is 0 Å². The van der Waals surface area contributed by atoms with E-state index in [0.29, 0.717) is 18.8 Å². The van der Waals surface area contributed by atoms with Gasteiger partial charge in [0.1, 0.15) is 0 Å². The molecule has 6 heteroatoms. The third-order valence-corrected chi connectivity index (χ3v) is 1.88. The lowest BCUT2D eigenvalue weighted by atomic mass is 10.2. The summed E-state index contributed by atoms with van der Waals surface area (Å²) in [6.45, 7) is 6.95. The summed E-state index contributed by atoms with van der Waals surface area (Å²) in [6, 6.07) is 0. The molecular weight excluding hydrogens is 208 g/mol. The molecule has 1 aromatic heterocycles. The molecule has 0 aliphatic carbocycles. The van der Waals surface area contributed by atoms with Crippen molar-refractivity contribution in [3.05, 3.63) is 11.9 Å². The molecule has 0 saturated heterocycles. The van der Waals surface area contributed by atoms with Gasteiger partial charge in [0.05, 0.1) is 24.4 Å². The van der Waals surface area contributed by atoms with Crippen molar-refractivity contribution in [3.63, 3.8) is 0 Å². The number of hydrogen-bond donors (Lipinski definition) is 2. The highest BCUT2D eigenvalue weighted by molar-refractivity contribution is 5.95. The smallest absolute Gasteiger partial charge is 0.271 e. The molecule has 0 fully saturated rings. The van der Waals surface area contributed by atoms with Crippen LogP contribution in [0.2, 0.25) is 0 Å². The number of nitrogens with zero attached hydrogens (tertiary/aromatic N) is 2. The number of amides is 1. The van der Waals surface area contributed by atoms with Gasteiger partial charge in [0.25, 0.3) is 5.91 Å². The van der Waals surface area contributed by atoms with Gasteiger partial charge in [-0.15, -0.1) is 0 Å². The molecule has 0 bridgehead atoms. The Bertz CT molecular complexity index is 379. The van der Waals surface area contributed by atoms with Gasteiger partial charge < -0.3 is 16.2 Å². The fourth-order valence-electron chi connectivity index (χ4n) is 1.19. The van der Waals surface area contributed by atoms with Crippen LogP contribution in [0.4, 0.5) is 5.69 Å². The fourth-order valence-corrected chi connectivity index (χ4v) is 1.19. The van der Waals surface area contributed by atoms with E-state index in [4.69, 9.17) is 16.2 Å². The van der Waals surface area contributed by atoms with E-state index in [1.54, 1.807) is 10.9 Å². The molecule has 1 amide bonds. The molecule has 90 valence electrons. The van der Waals surface area contributed by atoms with Crippen LogP contribution in [0.15, 0.2) is 6.20 Å². The summed E-state index contributed by atoms with van der Waals surface area (Å²) in [6.07, 6.45) is 1.58. The summed E-state index contributed by atoms with van der Waals surface area (Å²) in [4.78, 5) is 10.9. The lowest BCUT2D eigenvalue weighted by Gasteiger charge is -2.19. The lowest BCUT2D eigenvalue weighted by molar-refractivity contribution is -0.00792. The molecule has 16 heavy (non-hydrogen) atoms. The highest BCUT2D eigenvalue weighted by Gasteiger charge is 2.12. The van der Waals surface area contributed by atoms with Crippen molar-refractivity contribution in [3.8, 4) is 0 Å². The molecule has 0 saturated carbocycles. The van der Waals surface area contributed by atoms with Gasteiger partial charge in [0.2, 0.25) is 0 Å². The first-order valence-corrected chi connectivity index (χ1v) is 5.06. The first-order chi connectivity index (χ1) is 7.29. The number of anilines is 1. The van der Waals surface area contributed by atoms with Gasteiger partial charge in [0, 0.05) is 6.20 Å². The van der Waals surface area contributed by atoms with Gasteiger partial charge in [-0.05, 0) is 20.8 Å². The van der Waals surface area contributed by atoms with Crippen molar-refractivity contribution in [1.29, 1.82) is 0 Å². The number of nitrogens with two attached hydrogens (primary N) is 2. The van der Waals surface area contributed by atoms with Gasteiger partial charge in [0.15, 0.2) is 5.69 Å². The third kappa shape index (κ3) is 3.54. The molecule has 4 N–H and O–H groups in total. The summed E-state index contributed by atoms with van der Waals surface area (Å²) in [5, 5.41) is 3.97. The van der Waals surface area contributed by atoms with E-state index in [-0.39, 0.29) is 11.3 Å². The zero-order valence-corrected chi connectivity index (χ0v) is 9.86. The Kier molecular flexibility index (Phi) is 3.54. The molecule has 0 spiro atoms. The largest absolute Gasteiger partial charge is 0.396 e. The third-order valence-electron chi connectivity index (χ3n) is 1.88. The second-order valence-electron chi connectivity index (χ2n) is 4.52. The molecule has 0 aliphatic heterocycles. The Labute approximate surface area is 94.5 Å². The second kappa shape index (κ2) is 4.52. The Morgan fingerprint density at radius 2 is 2.19 bits per heavy atom. The topological polar surface area (TPSA) is 96.2 Å². The molecule has 0 radical (unpaired) electrons. The second-order valence-corrected chi connectivity index (χ2v) is 4.52. The first kappa shape index (κ1) is 12.5. The maximum absolute atomic E-state index is 10.9. The average molecular weight is 226 g/mol. The normalized spacial score (nSPS) is 11.7. The molecule has 0 aromatic carbocycles. The van der Waals surface area contributed by atoms with Crippen LogP contribution in [-0.4, -0.2) is 27.9 Å². The Balaban J connectivity index is 2.56. The standard InChI is InChI=1S/C10H18N4O2/c1-10(2,3)16-5-4-14-6-7(11)8(13-14)9(12)15/h6H,4-5,11H2,1-3H3,(H2,12,15). The number of aromatic nitrogens is 2. The molecule has 1 heterocycles. The number of ether oxygens (including phenoxy) is 1. The number of carbonyl (C=O) groups excluding carboxylic acids is 1. The van der Waals surface area contributed by atoms with Crippen LogP contribution in [0.1, 0.15) is 31.3 Å². The Morgan fingerprint density at radius 1 is 1.56 bits per heavy atom. The van der Waals surface area contributed by atoms with Crippen LogP contribution in [-0.2, 0) is 11.3 Å². The molecule has 0 unspecified atom stereocenters. The van der Waals surface area contributed by atoms with Crippen molar-refractivity contribution in [1.82, 2.24) is 9.78 Å². The zero-order valence-electron chi connectivity index (χ0n) is 9.86. The first-order valence-electron chi connectivity index (χ1n) is 5.06. The number of rotatable bonds is 4. The van der Waals surface area contributed by atoms with Gasteiger partial charge in [-0.3, -0.25) is 9.48 Å². The summed E-state index contributed by atoms with van der Waals surface area (Å²) >= 11 is 0. The monoisotopic (exact) mass is 226 g/mol. The van der Waals surface area contributed by atoms with E-state index in [1.807, 2.05) is 20.8 Å². The van der Waals surface area contributed by atoms with Gasteiger partial charge in [-0.2, -0.15) is 5.10 Å². The predicted molar refractivity (Wildman–Crippen MR) is 60.9 cm³/mol. The van der Waals surface area contributed by atoms with Crippen molar-refractivity contribution < 1.29 is 9.53 Å². The minimum atomic E-state index is -0.618. The van der Waals surface area contributed by atoms with E-state index >= 15 is 0 Å². The fraction of sp³-hybridized carbons (Fsp3) is 0.600. The number of hydrogen-bond acceptors (Lipinski definition) is 4. The van der Waals surface area contributed by atoms with Crippen molar-refractivity contribution in [2.24, 2.45) is 5.73 Å². The predicted octanol–water partition coefficient (Wildman–Crippen LogP) is 0.379. The Hall–Kier alpha value is -1.56. The summed E-state index contributed by atoms with van der Waals surface area (Å²) in [5.41, 5.74) is 10.9. The van der Waals surface area contributed by atoms with Crippen LogP contribution in [0, 0.1) is 0 Å². The highest BCUT2D eigenvalue weighted by atomic mass is 16.5. The van der Waals surface area contributed by atoms with Crippen LogP contribution in [0.3, 0.4) is 0 Å². The van der Waals surface area contributed by atoms with Crippen LogP contribution in [0.5, 0.6) is 0 Å².